The summed E-state index contributed by atoms with van der Waals surface area (Å²) in [6.07, 6.45) is 5.39. The molecule has 2 heterocycles. The number of phenolic OH excluding ortho intramolecular Hbond substituents is 1. The number of aromatic amines is 1. The summed E-state index contributed by atoms with van der Waals surface area (Å²) in [5.74, 6) is 0.285. The van der Waals surface area contributed by atoms with Crippen molar-refractivity contribution in [1.82, 2.24) is 20.5 Å². The average Bonchev–Trinajstić information content (AvgIpc) is 2.99. The smallest absolute Gasteiger partial charge is 0.115 e. The molecule has 0 radical (unpaired) electrons. The largest absolute Gasteiger partial charge is 0.508 e. The zero-order valence-corrected chi connectivity index (χ0v) is 11.5. The molecule has 0 spiro atoms. The molecule has 5 heteroatoms. The van der Waals surface area contributed by atoms with Crippen LogP contribution in [0.15, 0.2) is 55.0 Å². The van der Waals surface area contributed by atoms with Gasteiger partial charge in [0.15, 0.2) is 0 Å². The van der Waals surface area contributed by atoms with Gasteiger partial charge in [0, 0.05) is 36.6 Å². The van der Waals surface area contributed by atoms with E-state index in [0.29, 0.717) is 6.54 Å². The maximum Gasteiger partial charge on any atom is 0.115 e. The van der Waals surface area contributed by atoms with Crippen LogP contribution >= 0.6 is 0 Å². The SMILES string of the molecule is Oc1ccc(CNCc2cn[nH]c2-c2cccnc2)cc1. The average molecular weight is 280 g/mol. The number of pyridine rings is 1. The molecule has 0 aliphatic heterocycles. The molecule has 2 aromatic heterocycles. The topological polar surface area (TPSA) is 73.8 Å². The van der Waals surface area contributed by atoms with E-state index in [1.807, 2.05) is 36.7 Å². The van der Waals surface area contributed by atoms with Crippen LogP contribution in [0.2, 0.25) is 0 Å². The molecule has 21 heavy (non-hydrogen) atoms. The lowest BCUT2D eigenvalue weighted by atomic mass is 10.1. The molecule has 3 rings (SSSR count). The molecule has 3 N–H and O–H groups in total. The van der Waals surface area contributed by atoms with Gasteiger partial charge < -0.3 is 10.4 Å². The predicted octanol–water partition coefficient (Wildman–Crippen LogP) is 2.47. The first-order valence-electron chi connectivity index (χ1n) is 6.74. The second-order valence-electron chi connectivity index (χ2n) is 4.78. The van der Waals surface area contributed by atoms with Crippen molar-refractivity contribution in [3.8, 4) is 17.0 Å². The molecule has 0 amide bonds. The molecule has 106 valence electrons. The lowest BCUT2D eigenvalue weighted by molar-refractivity contribution is 0.475. The van der Waals surface area contributed by atoms with E-state index in [0.717, 1.165) is 28.9 Å². The van der Waals surface area contributed by atoms with Crippen molar-refractivity contribution in [2.45, 2.75) is 13.1 Å². The van der Waals surface area contributed by atoms with Gasteiger partial charge >= 0.3 is 0 Å². The third-order valence-corrected chi connectivity index (χ3v) is 3.25. The van der Waals surface area contributed by atoms with E-state index in [1.165, 1.54) is 0 Å². The maximum absolute atomic E-state index is 9.26. The van der Waals surface area contributed by atoms with Crippen molar-refractivity contribution < 1.29 is 5.11 Å². The molecule has 0 unspecified atom stereocenters. The Morgan fingerprint density at radius 2 is 1.90 bits per heavy atom. The van der Waals surface area contributed by atoms with Gasteiger partial charge in [-0.1, -0.05) is 12.1 Å². The molecule has 0 bridgehead atoms. The van der Waals surface area contributed by atoms with E-state index >= 15 is 0 Å². The van der Waals surface area contributed by atoms with Crippen molar-refractivity contribution in [3.63, 3.8) is 0 Å². The zero-order valence-electron chi connectivity index (χ0n) is 11.5. The molecule has 0 saturated carbocycles. The molecule has 0 atom stereocenters. The van der Waals surface area contributed by atoms with Crippen LogP contribution in [0.5, 0.6) is 5.75 Å². The fraction of sp³-hybridized carbons (Fsp3) is 0.125. The summed E-state index contributed by atoms with van der Waals surface area (Å²) in [6.45, 7) is 1.44. The van der Waals surface area contributed by atoms with Gasteiger partial charge in [0.25, 0.3) is 0 Å². The molecule has 0 aliphatic carbocycles. The second kappa shape index (κ2) is 6.19. The van der Waals surface area contributed by atoms with Gasteiger partial charge in [-0.2, -0.15) is 5.10 Å². The second-order valence-corrected chi connectivity index (χ2v) is 4.78. The van der Waals surface area contributed by atoms with Crippen LogP contribution in [0.4, 0.5) is 0 Å². The van der Waals surface area contributed by atoms with Gasteiger partial charge in [0.2, 0.25) is 0 Å². The molecular weight excluding hydrogens is 264 g/mol. The number of benzene rings is 1. The van der Waals surface area contributed by atoms with Crippen LogP contribution < -0.4 is 5.32 Å². The van der Waals surface area contributed by atoms with Crippen LogP contribution in [0.1, 0.15) is 11.1 Å². The molecule has 1 aromatic carbocycles. The summed E-state index contributed by atoms with van der Waals surface area (Å²) < 4.78 is 0. The van der Waals surface area contributed by atoms with Crippen LogP contribution in [-0.4, -0.2) is 20.3 Å². The Morgan fingerprint density at radius 1 is 1.05 bits per heavy atom. The van der Waals surface area contributed by atoms with Gasteiger partial charge in [0.1, 0.15) is 5.75 Å². The molecule has 5 nitrogen and oxygen atoms in total. The Hall–Kier alpha value is -2.66. The van der Waals surface area contributed by atoms with Crippen LogP contribution in [-0.2, 0) is 13.1 Å². The highest BCUT2D eigenvalue weighted by Gasteiger charge is 2.07. The quantitative estimate of drug-likeness (QED) is 0.671. The summed E-state index contributed by atoms with van der Waals surface area (Å²) in [5.41, 5.74) is 4.23. The Morgan fingerprint density at radius 3 is 2.67 bits per heavy atom. The van der Waals surface area contributed by atoms with Crippen molar-refractivity contribution in [1.29, 1.82) is 0 Å². The number of H-pyrrole nitrogens is 1. The molecule has 0 saturated heterocycles. The van der Waals surface area contributed by atoms with E-state index in [2.05, 4.69) is 20.5 Å². The highest BCUT2D eigenvalue weighted by Crippen LogP contribution is 2.19. The molecule has 3 aromatic rings. The van der Waals surface area contributed by atoms with E-state index in [4.69, 9.17) is 0 Å². The first-order valence-corrected chi connectivity index (χ1v) is 6.74. The maximum atomic E-state index is 9.26. The Bertz CT molecular complexity index is 692. The normalized spacial score (nSPS) is 10.7. The van der Waals surface area contributed by atoms with Crippen molar-refractivity contribution in [2.75, 3.05) is 0 Å². The molecule has 0 fully saturated rings. The fourth-order valence-corrected chi connectivity index (χ4v) is 2.16. The summed E-state index contributed by atoms with van der Waals surface area (Å²) in [6, 6.07) is 11.1. The number of nitrogens with one attached hydrogen (secondary N) is 2. The summed E-state index contributed by atoms with van der Waals surface area (Å²) in [5, 5.41) is 19.8. The first kappa shape index (κ1) is 13.3. The van der Waals surface area contributed by atoms with E-state index < -0.39 is 0 Å². The van der Waals surface area contributed by atoms with Crippen molar-refractivity contribution in [3.05, 3.63) is 66.1 Å². The number of aromatic nitrogens is 3. The number of rotatable bonds is 5. The standard InChI is InChI=1S/C16H16N4O/c21-15-5-3-12(4-6-15)8-18-10-14-11-19-20-16(14)13-2-1-7-17-9-13/h1-7,9,11,18,21H,8,10H2,(H,19,20). The zero-order chi connectivity index (χ0) is 14.5. The van der Waals surface area contributed by atoms with Gasteiger partial charge in [-0.05, 0) is 29.8 Å². The first-order chi connectivity index (χ1) is 10.3. The van der Waals surface area contributed by atoms with Crippen molar-refractivity contribution >= 4 is 0 Å². The minimum atomic E-state index is 0.285. The van der Waals surface area contributed by atoms with Gasteiger partial charge in [0.05, 0.1) is 11.9 Å². The number of hydrogen-bond donors (Lipinski definition) is 3. The van der Waals surface area contributed by atoms with Crippen LogP contribution in [0, 0.1) is 0 Å². The Labute approximate surface area is 122 Å². The van der Waals surface area contributed by atoms with Gasteiger partial charge in [-0.25, -0.2) is 0 Å². The lowest BCUT2D eigenvalue weighted by Crippen LogP contribution is -2.12. The van der Waals surface area contributed by atoms with E-state index in [1.54, 1.807) is 18.3 Å². The Balaban J connectivity index is 1.64. The third kappa shape index (κ3) is 3.27. The summed E-state index contributed by atoms with van der Waals surface area (Å²) in [4.78, 5) is 4.13. The molecular formula is C16H16N4O. The molecule has 0 aliphatic rings. The minimum Gasteiger partial charge on any atom is -0.508 e. The lowest BCUT2D eigenvalue weighted by Gasteiger charge is -2.06. The fourth-order valence-electron chi connectivity index (χ4n) is 2.16. The predicted molar refractivity (Wildman–Crippen MR) is 80.5 cm³/mol. The highest BCUT2D eigenvalue weighted by atomic mass is 16.3. The number of hydrogen-bond acceptors (Lipinski definition) is 4. The number of aromatic hydroxyl groups is 1. The summed E-state index contributed by atoms with van der Waals surface area (Å²) in [7, 11) is 0. The number of phenols is 1. The summed E-state index contributed by atoms with van der Waals surface area (Å²) >= 11 is 0. The monoisotopic (exact) mass is 280 g/mol. The van der Waals surface area contributed by atoms with E-state index in [9.17, 15) is 5.11 Å². The van der Waals surface area contributed by atoms with Crippen molar-refractivity contribution in [2.24, 2.45) is 0 Å². The Kier molecular flexibility index (Phi) is 3.93. The number of nitrogens with zero attached hydrogens (tertiary/aromatic N) is 2. The van der Waals surface area contributed by atoms with Crippen LogP contribution in [0.3, 0.4) is 0 Å². The van der Waals surface area contributed by atoms with Crippen LogP contribution in [0.25, 0.3) is 11.3 Å². The minimum absolute atomic E-state index is 0.285. The van der Waals surface area contributed by atoms with E-state index in [-0.39, 0.29) is 5.75 Å². The van der Waals surface area contributed by atoms with Gasteiger partial charge in [-0.3, -0.25) is 10.1 Å². The third-order valence-electron chi connectivity index (χ3n) is 3.25. The highest BCUT2D eigenvalue weighted by molar-refractivity contribution is 5.61. The van der Waals surface area contributed by atoms with Gasteiger partial charge in [-0.15, -0.1) is 0 Å².